The molecule has 0 aromatic heterocycles. The first kappa shape index (κ1) is 10.9. The molecule has 0 saturated carbocycles. The molecule has 0 fully saturated rings. The van der Waals surface area contributed by atoms with E-state index in [0.717, 1.165) is 0 Å². The van der Waals surface area contributed by atoms with Crippen LogP contribution in [-0.2, 0) is 0 Å². The minimum Gasteiger partial charge on any atom is -0.308 e. The molecule has 0 aliphatic carbocycles. The number of benzene rings is 1. The van der Waals surface area contributed by atoms with Crippen molar-refractivity contribution in [1.82, 2.24) is 5.32 Å². The van der Waals surface area contributed by atoms with Crippen LogP contribution in [0.15, 0.2) is 24.3 Å². The van der Waals surface area contributed by atoms with Crippen molar-refractivity contribution >= 4 is 5.78 Å². The van der Waals surface area contributed by atoms with Gasteiger partial charge in [0, 0.05) is 0 Å². The van der Waals surface area contributed by atoms with E-state index in [4.69, 9.17) is 0 Å². The van der Waals surface area contributed by atoms with E-state index < -0.39 is 5.82 Å². The lowest BCUT2D eigenvalue weighted by Gasteiger charge is -2.11. The first-order valence-electron chi connectivity index (χ1n) is 4.69. The molecular formula is C11H14FNO. The molecule has 0 amide bonds. The van der Waals surface area contributed by atoms with Crippen molar-refractivity contribution < 1.29 is 9.18 Å². The highest BCUT2D eigenvalue weighted by atomic mass is 19.1. The molecule has 1 unspecified atom stereocenters. The average Bonchev–Trinajstić information content (AvgIpc) is 2.18. The smallest absolute Gasteiger partial charge is 0.182 e. The molecule has 14 heavy (non-hydrogen) atoms. The molecule has 0 bridgehead atoms. The SMILES string of the molecule is CCNC(C)C(=O)c1ccccc1F. The van der Waals surface area contributed by atoms with Gasteiger partial charge in [0.25, 0.3) is 0 Å². The van der Waals surface area contributed by atoms with Gasteiger partial charge in [0.1, 0.15) is 5.82 Å². The van der Waals surface area contributed by atoms with E-state index in [1.807, 2.05) is 6.92 Å². The lowest BCUT2D eigenvalue weighted by Crippen LogP contribution is -2.34. The van der Waals surface area contributed by atoms with Crippen LogP contribution in [0.4, 0.5) is 4.39 Å². The van der Waals surface area contributed by atoms with Crippen LogP contribution in [0, 0.1) is 5.82 Å². The fourth-order valence-electron chi connectivity index (χ4n) is 1.29. The van der Waals surface area contributed by atoms with E-state index in [1.165, 1.54) is 12.1 Å². The summed E-state index contributed by atoms with van der Waals surface area (Å²) in [7, 11) is 0. The fourth-order valence-corrected chi connectivity index (χ4v) is 1.29. The van der Waals surface area contributed by atoms with E-state index in [1.54, 1.807) is 19.1 Å². The minimum atomic E-state index is -0.456. The summed E-state index contributed by atoms with van der Waals surface area (Å²) in [5, 5.41) is 2.95. The Hall–Kier alpha value is -1.22. The summed E-state index contributed by atoms with van der Waals surface area (Å²) in [5.41, 5.74) is 0.154. The summed E-state index contributed by atoms with van der Waals surface area (Å²) in [5.74, 6) is -0.660. The van der Waals surface area contributed by atoms with Gasteiger partial charge in [-0.3, -0.25) is 4.79 Å². The summed E-state index contributed by atoms with van der Waals surface area (Å²) < 4.78 is 13.2. The number of ketones is 1. The number of likely N-dealkylation sites (N-methyl/N-ethyl adjacent to an activating group) is 1. The van der Waals surface area contributed by atoms with Gasteiger partial charge in [-0.25, -0.2) is 4.39 Å². The van der Waals surface area contributed by atoms with Crippen molar-refractivity contribution in [3.05, 3.63) is 35.6 Å². The van der Waals surface area contributed by atoms with Crippen LogP contribution in [0.3, 0.4) is 0 Å². The van der Waals surface area contributed by atoms with Gasteiger partial charge in [-0.1, -0.05) is 19.1 Å². The second-order valence-electron chi connectivity index (χ2n) is 3.12. The number of carbonyl (C=O) groups excluding carboxylic acids is 1. The van der Waals surface area contributed by atoms with Crippen LogP contribution in [0.5, 0.6) is 0 Å². The molecule has 76 valence electrons. The molecule has 0 heterocycles. The van der Waals surface area contributed by atoms with Crippen LogP contribution in [0.2, 0.25) is 0 Å². The first-order chi connectivity index (χ1) is 6.66. The van der Waals surface area contributed by atoms with E-state index in [9.17, 15) is 9.18 Å². The van der Waals surface area contributed by atoms with Crippen LogP contribution >= 0.6 is 0 Å². The number of hydrogen-bond donors (Lipinski definition) is 1. The Morgan fingerprint density at radius 3 is 2.71 bits per heavy atom. The molecule has 0 aliphatic rings. The van der Waals surface area contributed by atoms with Gasteiger partial charge >= 0.3 is 0 Å². The van der Waals surface area contributed by atoms with Crippen molar-refractivity contribution in [2.24, 2.45) is 0 Å². The topological polar surface area (TPSA) is 29.1 Å². The standard InChI is InChI=1S/C11H14FNO/c1-3-13-8(2)11(14)9-6-4-5-7-10(9)12/h4-8,13H,3H2,1-2H3. The zero-order chi connectivity index (χ0) is 10.6. The van der Waals surface area contributed by atoms with Crippen molar-refractivity contribution in [3.63, 3.8) is 0 Å². The van der Waals surface area contributed by atoms with Gasteiger partial charge in [0.2, 0.25) is 0 Å². The Bertz CT molecular complexity index is 325. The molecular weight excluding hydrogens is 181 g/mol. The largest absolute Gasteiger partial charge is 0.308 e. The molecule has 1 aromatic rings. The van der Waals surface area contributed by atoms with Gasteiger partial charge in [0.05, 0.1) is 11.6 Å². The molecule has 1 aromatic carbocycles. The average molecular weight is 195 g/mol. The third-order valence-corrected chi connectivity index (χ3v) is 2.04. The van der Waals surface area contributed by atoms with Gasteiger partial charge < -0.3 is 5.32 Å². The maximum Gasteiger partial charge on any atom is 0.182 e. The molecule has 0 aliphatic heterocycles. The summed E-state index contributed by atoms with van der Waals surface area (Å²) in [6, 6.07) is 5.70. The quantitative estimate of drug-likeness (QED) is 0.744. The third kappa shape index (κ3) is 2.39. The van der Waals surface area contributed by atoms with Gasteiger partial charge in [-0.15, -0.1) is 0 Å². The number of halogens is 1. The Labute approximate surface area is 83.1 Å². The summed E-state index contributed by atoms with van der Waals surface area (Å²) in [6.45, 7) is 4.34. The number of rotatable bonds is 4. The number of carbonyl (C=O) groups is 1. The molecule has 1 N–H and O–H groups in total. The predicted molar refractivity (Wildman–Crippen MR) is 53.9 cm³/mol. The van der Waals surface area contributed by atoms with E-state index in [2.05, 4.69) is 5.32 Å². The maximum atomic E-state index is 13.2. The second-order valence-corrected chi connectivity index (χ2v) is 3.12. The Morgan fingerprint density at radius 1 is 1.50 bits per heavy atom. The summed E-state index contributed by atoms with van der Waals surface area (Å²) in [6.07, 6.45) is 0. The van der Waals surface area contributed by atoms with Crippen molar-refractivity contribution in [3.8, 4) is 0 Å². The molecule has 0 saturated heterocycles. The minimum absolute atomic E-state index is 0.154. The zero-order valence-electron chi connectivity index (χ0n) is 8.38. The Balaban J connectivity index is 2.84. The van der Waals surface area contributed by atoms with Crippen LogP contribution in [0.25, 0.3) is 0 Å². The van der Waals surface area contributed by atoms with Crippen molar-refractivity contribution in [2.45, 2.75) is 19.9 Å². The normalized spacial score (nSPS) is 12.5. The van der Waals surface area contributed by atoms with Crippen molar-refractivity contribution in [2.75, 3.05) is 6.54 Å². The molecule has 1 atom stereocenters. The molecule has 3 heteroatoms. The predicted octanol–water partition coefficient (Wildman–Crippen LogP) is 2.01. The summed E-state index contributed by atoms with van der Waals surface area (Å²) >= 11 is 0. The third-order valence-electron chi connectivity index (χ3n) is 2.04. The van der Waals surface area contributed by atoms with Crippen LogP contribution < -0.4 is 5.32 Å². The van der Waals surface area contributed by atoms with Crippen LogP contribution in [0.1, 0.15) is 24.2 Å². The number of hydrogen-bond acceptors (Lipinski definition) is 2. The monoisotopic (exact) mass is 195 g/mol. The molecule has 0 radical (unpaired) electrons. The second kappa shape index (κ2) is 4.86. The lowest BCUT2D eigenvalue weighted by atomic mass is 10.1. The van der Waals surface area contributed by atoms with Gasteiger partial charge in [-0.05, 0) is 25.6 Å². The zero-order valence-corrected chi connectivity index (χ0v) is 8.38. The summed E-state index contributed by atoms with van der Waals surface area (Å²) in [4.78, 5) is 11.7. The highest BCUT2D eigenvalue weighted by molar-refractivity contribution is 6.00. The number of nitrogens with one attached hydrogen (secondary N) is 1. The highest BCUT2D eigenvalue weighted by Gasteiger charge is 2.16. The maximum absolute atomic E-state index is 13.2. The lowest BCUT2D eigenvalue weighted by molar-refractivity contribution is 0.0948. The van der Waals surface area contributed by atoms with Gasteiger partial charge in [0.15, 0.2) is 5.78 Å². The Morgan fingerprint density at radius 2 is 2.14 bits per heavy atom. The molecule has 1 rings (SSSR count). The van der Waals surface area contributed by atoms with Crippen LogP contribution in [-0.4, -0.2) is 18.4 Å². The Kier molecular flexibility index (Phi) is 3.77. The molecule has 0 spiro atoms. The van der Waals surface area contributed by atoms with Crippen molar-refractivity contribution in [1.29, 1.82) is 0 Å². The van der Waals surface area contributed by atoms with Gasteiger partial charge in [-0.2, -0.15) is 0 Å². The fraction of sp³-hybridized carbons (Fsp3) is 0.364. The highest BCUT2D eigenvalue weighted by Crippen LogP contribution is 2.08. The molecule has 2 nitrogen and oxygen atoms in total. The van der Waals surface area contributed by atoms with E-state index in [-0.39, 0.29) is 17.4 Å². The van der Waals surface area contributed by atoms with E-state index >= 15 is 0 Å². The van der Waals surface area contributed by atoms with E-state index in [0.29, 0.717) is 6.54 Å². The first-order valence-corrected chi connectivity index (χ1v) is 4.69. The number of Topliss-reactive ketones (excluding diaryl/α,β-unsaturated/α-hetero) is 1.